The van der Waals surface area contributed by atoms with Crippen LogP contribution in [-0.2, 0) is 16.1 Å². The first kappa shape index (κ1) is 22.4. The molecule has 0 atom stereocenters. The molecule has 3 aromatic rings. The van der Waals surface area contributed by atoms with Crippen LogP contribution < -0.4 is 10.5 Å². The normalized spacial score (nSPS) is 15.9. The molecule has 0 aromatic heterocycles. The lowest BCUT2D eigenvalue weighted by atomic mass is 10.2. The molecule has 0 unspecified atom stereocenters. The number of amidine groups is 1. The van der Waals surface area contributed by atoms with Gasteiger partial charge < -0.3 is 10.5 Å². The topological polar surface area (TPSA) is 85.0 Å². The van der Waals surface area contributed by atoms with E-state index in [4.69, 9.17) is 15.5 Å². The van der Waals surface area contributed by atoms with Crippen molar-refractivity contribution in [3.05, 3.63) is 100 Å². The summed E-state index contributed by atoms with van der Waals surface area (Å²) in [6.07, 6.45) is 1.83. The number of benzene rings is 3. The van der Waals surface area contributed by atoms with Crippen molar-refractivity contribution in [1.82, 2.24) is 4.90 Å². The summed E-state index contributed by atoms with van der Waals surface area (Å²) < 4.78 is 5.29. The Morgan fingerprint density at radius 1 is 1.03 bits per heavy atom. The number of amides is 2. The van der Waals surface area contributed by atoms with E-state index in [0.29, 0.717) is 22.4 Å². The highest BCUT2D eigenvalue weighted by atomic mass is 32.2. The number of rotatable bonds is 7. The van der Waals surface area contributed by atoms with E-state index in [1.165, 1.54) is 11.8 Å². The molecule has 166 valence electrons. The van der Waals surface area contributed by atoms with Crippen LogP contribution in [0.15, 0.2) is 88.8 Å². The molecular weight excluding hydrogens is 434 g/mol. The highest BCUT2D eigenvalue weighted by Gasteiger charge is 2.33. The SMILES string of the molecule is Cc1ccc(N=C2S/C(=C/c3ccc(OCC(N)=O)cc3)C(=O)N2Cc2ccccc2)cc1. The van der Waals surface area contributed by atoms with Gasteiger partial charge in [-0.05, 0) is 60.2 Å². The van der Waals surface area contributed by atoms with E-state index in [-0.39, 0.29) is 12.5 Å². The van der Waals surface area contributed by atoms with Crippen molar-refractivity contribution in [2.75, 3.05) is 6.61 Å². The Hall–Kier alpha value is -3.84. The number of carbonyl (C=O) groups excluding carboxylic acids is 2. The van der Waals surface area contributed by atoms with Crippen molar-refractivity contribution in [3.8, 4) is 5.75 Å². The quantitative estimate of drug-likeness (QED) is 0.523. The molecule has 7 heteroatoms. The Bertz CT molecular complexity index is 1200. The molecule has 3 aromatic carbocycles. The van der Waals surface area contributed by atoms with Crippen LogP contribution in [0.25, 0.3) is 6.08 Å². The van der Waals surface area contributed by atoms with Crippen LogP contribution in [0.1, 0.15) is 16.7 Å². The summed E-state index contributed by atoms with van der Waals surface area (Å²) in [5.74, 6) is -0.0921. The van der Waals surface area contributed by atoms with E-state index < -0.39 is 5.91 Å². The van der Waals surface area contributed by atoms with Crippen LogP contribution in [0.3, 0.4) is 0 Å². The number of aryl methyl sites for hydroxylation is 1. The van der Waals surface area contributed by atoms with Crippen molar-refractivity contribution in [2.24, 2.45) is 10.7 Å². The summed E-state index contributed by atoms with van der Waals surface area (Å²) >= 11 is 1.35. The number of ether oxygens (including phenoxy) is 1. The zero-order valence-corrected chi connectivity index (χ0v) is 18.9. The predicted molar refractivity (Wildman–Crippen MR) is 132 cm³/mol. The third kappa shape index (κ3) is 5.90. The number of thioether (sulfide) groups is 1. The molecule has 0 bridgehead atoms. The number of nitrogens with zero attached hydrogens (tertiary/aromatic N) is 2. The Labute approximate surface area is 196 Å². The molecule has 1 saturated heterocycles. The maximum absolute atomic E-state index is 13.3. The molecule has 2 N–H and O–H groups in total. The Morgan fingerprint density at radius 2 is 1.73 bits per heavy atom. The minimum Gasteiger partial charge on any atom is -0.484 e. The second kappa shape index (κ2) is 10.2. The summed E-state index contributed by atoms with van der Waals surface area (Å²) in [5.41, 5.74) is 8.93. The second-order valence-electron chi connectivity index (χ2n) is 7.54. The van der Waals surface area contributed by atoms with E-state index in [1.54, 1.807) is 17.0 Å². The fraction of sp³-hybridized carbons (Fsp3) is 0.115. The molecule has 0 aliphatic carbocycles. The van der Waals surface area contributed by atoms with Crippen molar-refractivity contribution >= 4 is 40.5 Å². The fourth-order valence-corrected chi connectivity index (χ4v) is 4.19. The average Bonchev–Trinajstić information content (AvgIpc) is 3.09. The van der Waals surface area contributed by atoms with Crippen molar-refractivity contribution in [3.63, 3.8) is 0 Å². The third-order valence-corrected chi connectivity index (χ3v) is 5.90. The molecule has 2 amide bonds. The number of carbonyl (C=O) groups is 2. The maximum Gasteiger partial charge on any atom is 0.267 e. The molecule has 4 rings (SSSR count). The molecule has 0 saturated carbocycles. The van der Waals surface area contributed by atoms with Gasteiger partial charge in [0, 0.05) is 0 Å². The van der Waals surface area contributed by atoms with Crippen molar-refractivity contribution in [1.29, 1.82) is 0 Å². The lowest BCUT2D eigenvalue weighted by Crippen LogP contribution is -2.28. The van der Waals surface area contributed by atoms with Gasteiger partial charge in [0.25, 0.3) is 11.8 Å². The predicted octanol–water partition coefficient (Wildman–Crippen LogP) is 4.66. The monoisotopic (exact) mass is 457 g/mol. The Morgan fingerprint density at radius 3 is 2.39 bits per heavy atom. The standard InChI is InChI=1S/C26H23N3O3S/c1-18-7-11-21(12-8-18)28-26-29(16-20-5-3-2-4-6-20)25(31)23(33-26)15-19-9-13-22(14-10-19)32-17-24(27)30/h2-15H,16-17H2,1H3,(H2,27,30)/b23-15+,28-26?. The first-order chi connectivity index (χ1) is 16.0. The van der Waals surface area contributed by atoms with E-state index >= 15 is 0 Å². The number of aliphatic imine (C=N–C) groups is 1. The molecule has 0 radical (unpaired) electrons. The average molecular weight is 458 g/mol. The minimum absolute atomic E-state index is 0.0937. The van der Waals surface area contributed by atoms with Crippen LogP contribution in [0.4, 0.5) is 5.69 Å². The molecule has 6 nitrogen and oxygen atoms in total. The number of nitrogens with two attached hydrogens (primary N) is 1. The van der Waals surface area contributed by atoms with Gasteiger partial charge in [-0.25, -0.2) is 4.99 Å². The molecule has 1 aliphatic rings. The number of hydrogen-bond donors (Lipinski definition) is 1. The van der Waals surface area contributed by atoms with Gasteiger partial charge in [0.15, 0.2) is 11.8 Å². The van der Waals surface area contributed by atoms with Gasteiger partial charge >= 0.3 is 0 Å². The van der Waals surface area contributed by atoms with Gasteiger partial charge in [-0.2, -0.15) is 0 Å². The largest absolute Gasteiger partial charge is 0.484 e. The maximum atomic E-state index is 13.3. The van der Waals surface area contributed by atoms with Gasteiger partial charge in [0.1, 0.15) is 5.75 Å². The third-order valence-electron chi connectivity index (χ3n) is 4.89. The van der Waals surface area contributed by atoms with E-state index in [9.17, 15) is 9.59 Å². The highest BCUT2D eigenvalue weighted by Crippen LogP contribution is 2.35. The smallest absolute Gasteiger partial charge is 0.267 e. The van der Waals surface area contributed by atoms with E-state index in [2.05, 4.69) is 0 Å². The minimum atomic E-state index is -0.534. The summed E-state index contributed by atoms with van der Waals surface area (Å²) in [6, 6.07) is 24.9. The Kier molecular flexibility index (Phi) is 6.90. The van der Waals surface area contributed by atoms with Crippen LogP contribution in [-0.4, -0.2) is 28.5 Å². The van der Waals surface area contributed by atoms with Crippen LogP contribution >= 0.6 is 11.8 Å². The van der Waals surface area contributed by atoms with Crippen molar-refractivity contribution < 1.29 is 14.3 Å². The van der Waals surface area contributed by atoms with Crippen LogP contribution in [0.5, 0.6) is 5.75 Å². The van der Waals surface area contributed by atoms with Crippen LogP contribution in [0.2, 0.25) is 0 Å². The zero-order chi connectivity index (χ0) is 23.2. The summed E-state index contributed by atoms with van der Waals surface area (Å²) in [6.45, 7) is 2.29. The van der Waals surface area contributed by atoms with Gasteiger partial charge in [0.2, 0.25) is 0 Å². The first-order valence-corrected chi connectivity index (χ1v) is 11.2. The lowest BCUT2D eigenvalue weighted by Gasteiger charge is -2.15. The number of primary amides is 1. The van der Waals surface area contributed by atoms with Gasteiger partial charge in [-0.1, -0.05) is 60.2 Å². The van der Waals surface area contributed by atoms with Gasteiger partial charge in [-0.15, -0.1) is 0 Å². The van der Waals surface area contributed by atoms with Crippen LogP contribution in [0, 0.1) is 6.92 Å². The first-order valence-electron chi connectivity index (χ1n) is 10.4. The zero-order valence-electron chi connectivity index (χ0n) is 18.1. The van der Waals surface area contributed by atoms with E-state index in [0.717, 1.165) is 22.4 Å². The lowest BCUT2D eigenvalue weighted by molar-refractivity contribution is -0.122. The summed E-state index contributed by atoms with van der Waals surface area (Å²) in [4.78, 5) is 31.2. The van der Waals surface area contributed by atoms with Gasteiger partial charge in [-0.3, -0.25) is 14.5 Å². The molecule has 1 heterocycles. The Balaban J connectivity index is 1.60. The van der Waals surface area contributed by atoms with Crippen molar-refractivity contribution in [2.45, 2.75) is 13.5 Å². The molecule has 1 aliphatic heterocycles. The van der Waals surface area contributed by atoms with Gasteiger partial charge in [0.05, 0.1) is 17.1 Å². The summed E-state index contributed by atoms with van der Waals surface area (Å²) in [5, 5.41) is 0.639. The second-order valence-corrected chi connectivity index (χ2v) is 8.55. The fourth-order valence-electron chi connectivity index (χ4n) is 3.19. The highest BCUT2D eigenvalue weighted by molar-refractivity contribution is 8.18. The molecule has 1 fully saturated rings. The summed E-state index contributed by atoms with van der Waals surface area (Å²) in [7, 11) is 0. The number of hydrogen-bond acceptors (Lipinski definition) is 5. The van der Waals surface area contributed by atoms with E-state index in [1.807, 2.05) is 79.7 Å². The molecular formula is C26H23N3O3S. The molecule has 33 heavy (non-hydrogen) atoms. The molecule has 0 spiro atoms.